The topological polar surface area (TPSA) is 80.9 Å². The van der Waals surface area contributed by atoms with Crippen LogP contribution in [-0.2, 0) is 4.79 Å². The summed E-state index contributed by atoms with van der Waals surface area (Å²) in [6, 6.07) is 1.94. The van der Waals surface area contributed by atoms with Crippen LogP contribution >= 0.6 is 11.8 Å². The predicted octanol–water partition coefficient (Wildman–Crippen LogP) is 0.956. The van der Waals surface area contributed by atoms with E-state index in [9.17, 15) is 4.79 Å². The van der Waals surface area contributed by atoms with Crippen molar-refractivity contribution in [2.45, 2.75) is 31.8 Å². The zero-order valence-electron chi connectivity index (χ0n) is 9.49. The predicted molar refractivity (Wildman–Crippen MR) is 63.8 cm³/mol. The van der Waals surface area contributed by atoms with Crippen LogP contribution in [0.4, 0.5) is 0 Å². The Labute approximate surface area is 99.2 Å². The highest BCUT2D eigenvalue weighted by Crippen LogP contribution is 2.15. The summed E-state index contributed by atoms with van der Waals surface area (Å²) in [6.07, 6.45) is 1.21. The van der Waals surface area contributed by atoms with Crippen LogP contribution in [0.2, 0.25) is 0 Å². The number of nitrogens with one attached hydrogen (secondary N) is 1. The van der Waals surface area contributed by atoms with Crippen LogP contribution in [0, 0.1) is 13.8 Å². The third-order valence-electron chi connectivity index (χ3n) is 1.90. The molecule has 6 heteroatoms. The molecule has 1 aromatic rings. The first kappa shape index (κ1) is 12.9. The molecule has 0 fully saturated rings. The molecule has 5 nitrogen and oxygen atoms in total. The van der Waals surface area contributed by atoms with E-state index in [0.29, 0.717) is 6.42 Å². The molecule has 3 N–H and O–H groups in total. The summed E-state index contributed by atoms with van der Waals surface area (Å²) >= 11 is 1.56. The van der Waals surface area contributed by atoms with E-state index in [1.807, 2.05) is 19.9 Å². The van der Waals surface area contributed by atoms with Gasteiger partial charge in [0.1, 0.15) is 0 Å². The number of carbonyl (C=O) groups is 1. The Hall–Kier alpha value is -1.14. The molecular weight excluding hydrogens is 224 g/mol. The van der Waals surface area contributed by atoms with E-state index in [4.69, 9.17) is 5.84 Å². The molecule has 1 heterocycles. The molecule has 0 unspecified atom stereocenters. The Bertz CT molecular complexity index is 350. The first-order valence-corrected chi connectivity index (χ1v) is 6.05. The maximum Gasteiger partial charge on any atom is 0.233 e. The van der Waals surface area contributed by atoms with Crippen molar-refractivity contribution in [3.8, 4) is 0 Å². The quantitative estimate of drug-likeness (QED) is 0.200. The molecule has 0 radical (unpaired) electrons. The van der Waals surface area contributed by atoms with Gasteiger partial charge in [-0.15, -0.1) is 0 Å². The van der Waals surface area contributed by atoms with Crippen LogP contribution < -0.4 is 11.3 Å². The van der Waals surface area contributed by atoms with Crippen molar-refractivity contribution >= 4 is 17.7 Å². The van der Waals surface area contributed by atoms with Gasteiger partial charge in [0, 0.05) is 23.6 Å². The van der Waals surface area contributed by atoms with Crippen LogP contribution in [0.3, 0.4) is 0 Å². The van der Waals surface area contributed by atoms with E-state index in [-0.39, 0.29) is 5.91 Å². The van der Waals surface area contributed by atoms with Crippen molar-refractivity contribution in [1.82, 2.24) is 15.4 Å². The first-order valence-electron chi connectivity index (χ1n) is 5.06. The fourth-order valence-corrected chi connectivity index (χ4v) is 2.11. The van der Waals surface area contributed by atoms with Gasteiger partial charge in [0.15, 0.2) is 5.16 Å². The Morgan fingerprint density at radius 3 is 2.62 bits per heavy atom. The Balaban J connectivity index is 2.34. The molecule has 0 saturated heterocycles. The number of hydrogen-bond acceptors (Lipinski definition) is 5. The summed E-state index contributed by atoms with van der Waals surface area (Å²) in [7, 11) is 0. The van der Waals surface area contributed by atoms with E-state index in [1.54, 1.807) is 11.8 Å². The summed E-state index contributed by atoms with van der Waals surface area (Å²) in [6.45, 7) is 3.89. The summed E-state index contributed by atoms with van der Waals surface area (Å²) in [4.78, 5) is 19.4. The summed E-state index contributed by atoms with van der Waals surface area (Å²) in [5.41, 5.74) is 4.04. The largest absolute Gasteiger partial charge is 0.294 e. The fourth-order valence-electron chi connectivity index (χ4n) is 1.23. The highest BCUT2D eigenvalue weighted by atomic mass is 32.2. The minimum atomic E-state index is -0.137. The molecule has 1 amide bonds. The van der Waals surface area contributed by atoms with Crippen LogP contribution in [0.15, 0.2) is 11.2 Å². The van der Waals surface area contributed by atoms with E-state index < -0.39 is 0 Å². The van der Waals surface area contributed by atoms with Crippen LogP contribution in [-0.4, -0.2) is 21.6 Å². The Kier molecular flexibility index (Phi) is 5.21. The van der Waals surface area contributed by atoms with Gasteiger partial charge in [-0.1, -0.05) is 11.8 Å². The molecule has 0 aliphatic carbocycles. The van der Waals surface area contributed by atoms with Crippen LogP contribution in [0.5, 0.6) is 0 Å². The number of aryl methyl sites for hydroxylation is 2. The minimum absolute atomic E-state index is 0.137. The number of hydrogen-bond donors (Lipinski definition) is 2. The van der Waals surface area contributed by atoms with Gasteiger partial charge in [-0.2, -0.15) is 0 Å². The van der Waals surface area contributed by atoms with Crippen LogP contribution in [0.25, 0.3) is 0 Å². The molecule has 1 rings (SSSR count). The second-order valence-electron chi connectivity index (χ2n) is 3.45. The maximum absolute atomic E-state index is 10.9. The third kappa shape index (κ3) is 4.59. The highest BCUT2D eigenvalue weighted by molar-refractivity contribution is 7.99. The molecular formula is C10H16N4OS. The second-order valence-corrected chi connectivity index (χ2v) is 4.51. The highest BCUT2D eigenvalue weighted by Gasteiger charge is 2.02. The second kappa shape index (κ2) is 6.44. The number of rotatable bonds is 5. The molecule has 0 spiro atoms. The number of carbonyl (C=O) groups excluding carboxylic acids is 1. The van der Waals surface area contributed by atoms with Gasteiger partial charge in [-0.3, -0.25) is 10.2 Å². The standard InChI is InChI=1S/C10H16N4OS/c1-7-6-8(2)13-10(12-7)16-5-3-4-9(15)14-11/h6H,3-5,11H2,1-2H3,(H,14,15). The van der Waals surface area contributed by atoms with Crippen molar-refractivity contribution in [2.75, 3.05) is 5.75 Å². The number of nitrogens with two attached hydrogens (primary N) is 1. The van der Waals surface area contributed by atoms with E-state index in [0.717, 1.165) is 28.7 Å². The maximum atomic E-state index is 10.9. The zero-order valence-corrected chi connectivity index (χ0v) is 10.3. The SMILES string of the molecule is Cc1cc(C)nc(SCCCC(=O)NN)n1. The lowest BCUT2D eigenvalue weighted by atomic mass is 10.3. The zero-order chi connectivity index (χ0) is 12.0. The van der Waals surface area contributed by atoms with Crippen molar-refractivity contribution in [1.29, 1.82) is 0 Å². The van der Waals surface area contributed by atoms with Gasteiger partial charge in [0.25, 0.3) is 0 Å². The smallest absolute Gasteiger partial charge is 0.233 e. The monoisotopic (exact) mass is 240 g/mol. The molecule has 1 aromatic heterocycles. The molecule has 16 heavy (non-hydrogen) atoms. The van der Waals surface area contributed by atoms with Gasteiger partial charge < -0.3 is 0 Å². The van der Waals surface area contributed by atoms with E-state index in [1.165, 1.54) is 0 Å². The molecule has 0 saturated carbocycles. The number of aromatic nitrogens is 2. The molecule has 0 aliphatic rings. The Morgan fingerprint density at radius 2 is 2.06 bits per heavy atom. The van der Waals surface area contributed by atoms with Gasteiger partial charge in [0.05, 0.1) is 0 Å². The average Bonchev–Trinajstić information content (AvgIpc) is 2.22. The van der Waals surface area contributed by atoms with Gasteiger partial charge in [-0.25, -0.2) is 15.8 Å². The summed E-state index contributed by atoms with van der Waals surface area (Å²) in [5, 5.41) is 0.769. The molecule has 0 aliphatic heterocycles. The number of thioether (sulfide) groups is 1. The van der Waals surface area contributed by atoms with Gasteiger partial charge in [0.2, 0.25) is 5.91 Å². The van der Waals surface area contributed by atoms with Crippen molar-refractivity contribution in [3.63, 3.8) is 0 Å². The van der Waals surface area contributed by atoms with Crippen molar-refractivity contribution in [3.05, 3.63) is 17.5 Å². The van der Waals surface area contributed by atoms with Gasteiger partial charge in [-0.05, 0) is 26.3 Å². The lowest BCUT2D eigenvalue weighted by Gasteiger charge is -2.02. The lowest BCUT2D eigenvalue weighted by molar-refractivity contribution is -0.121. The molecule has 0 bridgehead atoms. The lowest BCUT2D eigenvalue weighted by Crippen LogP contribution is -2.29. The summed E-state index contributed by atoms with van der Waals surface area (Å²) in [5.74, 6) is 5.65. The van der Waals surface area contributed by atoms with Gasteiger partial charge >= 0.3 is 0 Å². The average molecular weight is 240 g/mol. The van der Waals surface area contributed by atoms with Crippen molar-refractivity contribution < 1.29 is 4.79 Å². The molecule has 0 aromatic carbocycles. The third-order valence-corrected chi connectivity index (χ3v) is 2.84. The Morgan fingerprint density at radius 1 is 1.44 bits per heavy atom. The number of nitrogens with zero attached hydrogens (tertiary/aromatic N) is 2. The first-order chi connectivity index (χ1) is 7.61. The van der Waals surface area contributed by atoms with E-state index >= 15 is 0 Å². The molecule has 0 atom stereocenters. The number of amides is 1. The fraction of sp³-hybridized carbons (Fsp3) is 0.500. The molecule has 88 valence electrons. The van der Waals surface area contributed by atoms with Crippen molar-refractivity contribution in [2.24, 2.45) is 5.84 Å². The normalized spacial score (nSPS) is 10.2. The van der Waals surface area contributed by atoms with E-state index in [2.05, 4.69) is 15.4 Å². The summed E-state index contributed by atoms with van der Waals surface area (Å²) < 4.78 is 0. The minimum Gasteiger partial charge on any atom is -0.294 e. The van der Waals surface area contributed by atoms with Crippen LogP contribution in [0.1, 0.15) is 24.2 Å². The number of hydrazine groups is 1.